The Balaban J connectivity index is 1.73. The highest BCUT2D eigenvalue weighted by atomic mass is 16.2. The van der Waals surface area contributed by atoms with Gasteiger partial charge < -0.3 is 15.5 Å². The lowest BCUT2D eigenvalue weighted by atomic mass is 10.1. The molecule has 0 unspecified atom stereocenters. The van der Waals surface area contributed by atoms with Gasteiger partial charge in [0.1, 0.15) is 6.54 Å². The summed E-state index contributed by atoms with van der Waals surface area (Å²) in [5.74, 6) is 0.0358. The van der Waals surface area contributed by atoms with Crippen LogP contribution in [0.1, 0.15) is 31.2 Å². The molecule has 5 heteroatoms. The predicted molar refractivity (Wildman–Crippen MR) is 82.0 cm³/mol. The van der Waals surface area contributed by atoms with Gasteiger partial charge in [0.05, 0.1) is 6.42 Å². The second kappa shape index (κ2) is 5.76. The molecule has 0 bridgehead atoms. The Morgan fingerprint density at radius 3 is 2.57 bits per heavy atom. The third-order valence-corrected chi connectivity index (χ3v) is 4.29. The molecule has 21 heavy (non-hydrogen) atoms. The summed E-state index contributed by atoms with van der Waals surface area (Å²) in [7, 11) is 0. The van der Waals surface area contributed by atoms with E-state index in [1.54, 1.807) is 11.0 Å². The first-order valence-electron chi connectivity index (χ1n) is 7.62. The Bertz CT molecular complexity index is 563. The number of rotatable bonds is 2. The fraction of sp³-hybridized carbons (Fsp3) is 0.500. The van der Waals surface area contributed by atoms with E-state index in [9.17, 15) is 9.59 Å². The van der Waals surface area contributed by atoms with Crippen LogP contribution in [0.5, 0.6) is 0 Å². The zero-order chi connectivity index (χ0) is 14.8. The van der Waals surface area contributed by atoms with Crippen molar-refractivity contribution in [1.82, 2.24) is 4.90 Å². The number of hydrogen-bond donors (Lipinski definition) is 1. The quantitative estimate of drug-likeness (QED) is 0.839. The molecule has 2 amide bonds. The van der Waals surface area contributed by atoms with Gasteiger partial charge in [-0.3, -0.25) is 9.59 Å². The van der Waals surface area contributed by atoms with E-state index >= 15 is 0 Å². The predicted octanol–water partition coefficient (Wildman–Crippen LogP) is 1.56. The van der Waals surface area contributed by atoms with Gasteiger partial charge in [0.15, 0.2) is 0 Å². The van der Waals surface area contributed by atoms with E-state index in [2.05, 4.69) is 0 Å². The van der Waals surface area contributed by atoms with Crippen molar-refractivity contribution in [2.24, 2.45) is 0 Å². The SMILES string of the molecule is Nc1ccc2c(c1)CC(=O)N2CC(=O)N1CCCCCC1. The van der Waals surface area contributed by atoms with Crippen molar-refractivity contribution >= 4 is 23.2 Å². The molecule has 1 saturated heterocycles. The van der Waals surface area contributed by atoms with Gasteiger partial charge in [-0.15, -0.1) is 0 Å². The molecule has 2 heterocycles. The normalized spacial score (nSPS) is 18.6. The van der Waals surface area contributed by atoms with Gasteiger partial charge in [-0.2, -0.15) is 0 Å². The van der Waals surface area contributed by atoms with Crippen molar-refractivity contribution in [3.63, 3.8) is 0 Å². The van der Waals surface area contributed by atoms with E-state index in [-0.39, 0.29) is 18.4 Å². The lowest BCUT2D eigenvalue weighted by Gasteiger charge is -2.24. The minimum Gasteiger partial charge on any atom is -0.399 e. The van der Waals surface area contributed by atoms with Crippen LogP contribution in [0.3, 0.4) is 0 Å². The number of likely N-dealkylation sites (tertiary alicyclic amines) is 1. The summed E-state index contributed by atoms with van der Waals surface area (Å²) in [5.41, 5.74) is 8.16. The van der Waals surface area contributed by atoms with E-state index in [1.165, 1.54) is 12.8 Å². The smallest absolute Gasteiger partial charge is 0.242 e. The van der Waals surface area contributed by atoms with Gasteiger partial charge >= 0.3 is 0 Å². The Kier molecular flexibility index (Phi) is 3.82. The summed E-state index contributed by atoms with van der Waals surface area (Å²) in [5, 5.41) is 0. The third-order valence-electron chi connectivity index (χ3n) is 4.29. The highest BCUT2D eigenvalue weighted by molar-refractivity contribution is 6.05. The van der Waals surface area contributed by atoms with Crippen molar-refractivity contribution in [3.05, 3.63) is 23.8 Å². The summed E-state index contributed by atoms with van der Waals surface area (Å²) < 4.78 is 0. The first-order chi connectivity index (χ1) is 10.1. The van der Waals surface area contributed by atoms with E-state index in [0.717, 1.165) is 37.2 Å². The average molecular weight is 287 g/mol. The number of carbonyl (C=O) groups excluding carboxylic acids is 2. The number of nitrogens with zero attached hydrogens (tertiary/aromatic N) is 2. The summed E-state index contributed by atoms with van der Waals surface area (Å²) in [6.45, 7) is 1.78. The van der Waals surface area contributed by atoms with E-state index < -0.39 is 0 Å². The van der Waals surface area contributed by atoms with Crippen molar-refractivity contribution in [2.45, 2.75) is 32.1 Å². The molecule has 1 aromatic rings. The molecule has 0 spiro atoms. The molecule has 2 aliphatic rings. The number of fused-ring (bicyclic) bond motifs is 1. The van der Waals surface area contributed by atoms with Crippen LogP contribution >= 0.6 is 0 Å². The molecule has 0 aliphatic carbocycles. The van der Waals surface area contributed by atoms with Crippen LogP contribution in [0.4, 0.5) is 11.4 Å². The van der Waals surface area contributed by atoms with Gasteiger partial charge in [0.25, 0.3) is 0 Å². The Hall–Kier alpha value is -2.04. The molecule has 0 aromatic heterocycles. The van der Waals surface area contributed by atoms with Crippen LogP contribution in [0.2, 0.25) is 0 Å². The highest BCUT2D eigenvalue weighted by Gasteiger charge is 2.30. The van der Waals surface area contributed by atoms with Gasteiger partial charge in [-0.25, -0.2) is 0 Å². The minimum absolute atomic E-state index is 0.0150. The maximum atomic E-state index is 12.4. The average Bonchev–Trinajstić information content (AvgIpc) is 2.67. The van der Waals surface area contributed by atoms with Crippen molar-refractivity contribution in [1.29, 1.82) is 0 Å². The minimum atomic E-state index is -0.0150. The molecule has 0 atom stereocenters. The highest BCUT2D eigenvalue weighted by Crippen LogP contribution is 2.30. The van der Waals surface area contributed by atoms with Gasteiger partial charge in [-0.05, 0) is 36.6 Å². The Labute approximate surface area is 124 Å². The number of hydrogen-bond acceptors (Lipinski definition) is 3. The molecule has 5 nitrogen and oxygen atoms in total. The molecule has 1 fully saturated rings. The second-order valence-electron chi connectivity index (χ2n) is 5.84. The van der Waals surface area contributed by atoms with Gasteiger partial charge in [0.2, 0.25) is 11.8 Å². The number of benzene rings is 1. The first-order valence-corrected chi connectivity index (χ1v) is 7.62. The van der Waals surface area contributed by atoms with Gasteiger partial charge in [-0.1, -0.05) is 12.8 Å². The maximum Gasteiger partial charge on any atom is 0.242 e. The second-order valence-corrected chi connectivity index (χ2v) is 5.84. The number of nitrogen functional groups attached to an aromatic ring is 1. The monoisotopic (exact) mass is 287 g/mol. The first kappa shape index (κ1) is 13.9. The van der Waals surface area contributed by atoms with E-state index in [1.807, 2.05) is 17.0 Å². The van der Waals surface area contributed by atoms with Crippen molar-refractivity contribution < 1.29 is 9.59 Å². The van der Waals surface area contributed by atoms with E-state index in [0.29, 0.717) is 12.1 Å². The molecular weight excluding hydrogens is 266 g/mol. The number of carbonyl (C=O) groups is 2. The fourth-order valence-electron chi connectivity index (χ4n) is 3.13. The van der Waals surface area contributed by atoms with E-state index in [4.69, 9.17) is 5.73 Å². The Morgan fingerprint density at radius 1 is 1.14 bits per heavy atom. The van der Waals surface area contributed by atoms with Gasteiger partial charge in [0, 0.05) is 24.5 Å². The summed E-state index contributed by atoms with van der Waals surface area (Å²) >= 11 is 0. The third kappa shape index (κ3) is 2.86. The lowest BCUT2D eigenvalue weighted by Crippen LogP contribution is -2.42. The number of anilines is 2. The summed E-state index contributed by atoms with van der Waals surface area (Å²) in [6, 6.07) is 5.44. The standard InChI is InChI=1S/C16H21N3O2/c17-13-5-6-14-12(9-13)10-15(20)19(14)11-16(21)18-7-3-1-2-4-8-18/h5-6,9H,1-4,7-8,10-11,17H2. The molecule has 112 valence electrons. The van der Waals surface area contributed by atoms with Crippen LogP contribution in [0.25, 0.3) is 0 Å². The van der Waals surface area contributed by atoms with Crippen LogP contribution in [0.15, 0.2) is 18.2 Å². The summed E-state index contributed by atoms with van der Waals surface area (Å²) in [4.78, 5) is 28.1. The van der Waals surface area contributed by atoms with Crippen molar-refractivity contribution in [3.8, 4) is 0 Å². The van der Waals surface area contributed by atoms with Crippen molar-refractivity contribution in [2.75, 3.05) is 30.3 Å². The van der Waals surface area contributed by atoms with Crippen LogP contribution in [-0.2, 0) is 16.0 Å². The maximum absolute atomic E-state index is 12.4. The zero-order valence-electron chi connectivity index (χ0n) is 12.2. The molecule has 0 saturated carbocycles. The topological polar surface area (TPSA) is 66.6 Å². The largest absolute Gasteiger partial charge is 0.399 e. The molecule has 2 N–H and O–H groups in total. The van der Waals surface area contributed by atoms with Crippen LogP contribution < -0.4 is 10.6 Å². The molecule has 3 rings (SSSR count). The molecule has 2 aliphatic heterocycles. The molecular formula is C16H21N3O2. The zero-order valence-corrected chi connectivity index (χ0v) is 12.2. The number of amides is 2. The van der Waals surface area contributed by atoms with Crippen LogP contribution in [0, 0.1) is 0 Å². The molecule has 0 radical (unpaired) electrons. The summed E-state index contributed by atoms with van der Waals surface area (Å²) in [6.07, 6.45) is 4.84. The Morgan fingerprint density at radius 2 is 1.86 bits per heavy atom. The fourth-order valence-corrected chi connectivity index (χ4v) is 3.13. The van der Waals surface area contributed by atoms with Crippen LogP contribution in [-0.4, -0.2) is 36.3 Å². The lowest BCUT2D eigenvalue weighted by molar-refractivity contribution is -0.131. The number of nitrogens with two attached hydrogens (primary N) is 1. The molecule has 1 aromatic carbocycles.